The minimum atomic E-state index is -3.63. The summed E-state index contributed by atoms with van der Waals surface area (Å²) in [6.07, 6.45) is 1.05. The van der Waals surface area contributed by atoms with Gasteiger partial charge in [0.15, 0.2) is 11.5 Å². The van der Waals surface area contributed by atoms with Crippen LogP contribution >= 0.6 is 0 Å². The Balaban J connectivity index is 2.13. The van der Waals surface area contributed by atoms with E-state index in [1.54, 1.807) is 62.6 Å². The molecule has 0 atom stereocenters. The molecule has 0 heterocycles. The van der Waals surface area contributed by atoms with Gasteiger partial charge in [-0.1, -0.05) is 18.2 Å². The van der Waals surface area contributed by atoms with Crippen molar-refractivity contribution in [1.29, 1.82) is 0 Å². The standard InChI is InChI=1S/C19H23N3O5S/c1-14(15-10-11-17(26-2)18(12-15)27-3)20-21-19(23)13-22(28(4,24)25)16-8-6-5-7-9-16/h5-12H,13H2,1-4H3,(H,21,23)/b20-14-. The summed E-state index contributed by atoms with van der Waals surface area (Å²) in [5.74, 6) is 0.553. The number of carbonyl (C=O) groups excluding carboxylic acids is 1. The maximum absolute atomic E-state index is 12.3. The quantitative estimate of drug-likeness (QED) is 0.535. The van der Waals surface area contributed by atoms with Gasteiger partial charge in [0.05, 0.1) is 31.9 Å². The van der Waals surface area contributed by atoms with E-state index in [2.05, 4.69) is 10.5 Å². The number of hydrazone groups is 1. The number of sulfonamides is 1. The Labute approximate surface area is 164 Å². The van der Waals surface area contributed by atoms with E-state index in [0.717, 1.165) is 16.1 Å². The fraction of sp³-hybridized carbons (Fsp3) is 0.263. The summed E-state index contributed by atoms with van der Waals surface area (Å²) in [4.78, 5) is 12.3. The van der Waals surface area contributed by atoms with Gasteiger partial charge in [-0.15, -0.1) is 0 Å². The van der Waals surface area contributed by atoms with Gasteiger partial charge in [-0.25, -0.2) is 13.8 Å². The Morgan fingerprint density at radius 3 is 2.29 bits per heavy atom. The molecule has 0 bridgehead atoms. The van der Waals surface area contributed by atoms with Crippen molar-refractivity contribution in [3.05, 3.63) is 54.1 Å². The SMILES string of the molecule is COc1ccc(/C(C)=N\NC(=O)CN(c2ccccc2)S(C)(=O)=O)cc1OC. The highest BCUT2D eigenvalue weighted by Crippen LogP contribution is 2.27. The van der Waals surface area contributed by atoms with Crippen LogP contribution in [-0.2, 0) is 14.8 Å². The monoisotopic (exact) mass is 405 g/mol. The summed E-state index contributed by atoms with van der Waals surface area (Å²) in [5, 5.41) is 4.05. The van der Waals surface area contributed by atoms with Crippen molar-refractivity contribution in [2.45, 2.75) is 6.92 Å². The summed E-state index contributed by atoms with van der Waals surface area (Å²) in [6.45, 7) is 1.33. The van der Waals surface area contributed by atoms with Crippen molar-refractivity contribution in [3.8, 4) is 11.5 Å². The van der Waals surface area contributed by atoms with Crippen molar-refractivity contribution in [1.82, 2.24) is 5.43 Å². The normalized spacial score (nSPS) is 11.6. The molecule has 1 amide bonds. The fourth-order valence-corrected chi connectivity index (χ4v) is 3.29. The number of amides is 1. The number of nitrogens with zero attached hydrogens (tertiary/aromatic N) is 2. The summed E-state index contributed by atoms with van der Waals surface area (Å²) >= 11 is 0. The minimum Gasteiger partial charge on any atom is -0.493 e. The van der Waals surface area contributed by atoms with E-state index in [1.807, 2.05) is 0 Å². The molecule has 28 heavy (non-hydrogen) atoms. The first kappa shape index (κ1) is 21.2. The Kier molecular flexibility index (Phi) is 7.00. The molecule has 0 saturated carbocycles. The maximum atomic E-state index is 12.3. The topological polar surface area (TPSA) is 97.3 Å². The van der Waals surface area contributed by atoms with E-state index in [9.17, 15) is 13.2 Å². The summed E-state index contributed by atoms with van der Waals surface area (Å²) in [5.41, 5.74) is 4.04. The highest BCUT2D eigenvalue weighted by molar-refractivity contribution is 7.92. The van der Waals surface area contributed by atoms with Crippen LogP contribution in [0.1, 0.15) is 12.5 Å². The van der Waals surface area contributed by atoms with E-state index in [1.165, 1.54) is 7.11 Å². The lowest BCUT2D eigenvalue weighted by Crippen LogP contribution is -2.39. The lowest BCUT2D eigenvalue weighted by molar-refractivity contribution is -0.119. The van der Waals surface area contributed by atoms with E-state index < -0.39 is 15.9 Å². The molecule has 2 aromatic rings. The molecule has 0 spiro atoms. The first-order chi connectivity index (χ1) is 13.3. The van der Waals surface area contributed by atoms with Gasteiger partial charge < -0.3 is 9.47 Å². The number of nitrogens with one attached hydrogen (secondary N) is 1. The molecule has 1 N–H and O–H groups in total. The molecule has 0 radical (unpaired) electrons. The third-order valence-corrected chi connectivity index (χ3v) is 5.02. The predicted octanol–water partition coefficient (Wildman–Crippen LogP) is 2.01. The highest BCUT2D eigenvalue weighted by Gasteiger charge is 2.20. The Morgan fingerprint density at radius 2 is 1.71 bits per heavy atom. The first-order valence-corrected chi connectivity index (χ1v) is 10.2. The molecule has 8 nitrogen and oxygen atoms in total. The molecule has 150 valence electrons. The lowest BCUT2D eigenvalue weighted by atomic mass is 10.1. The van der Waals surface area contributed by atoms with Gasteiger partial charge >= 0.3 is 0 Å². The largest absolute Gasteiger partial charge is 0.493 e. The highest BCUT2D eigenvalue weighted by atomic mass is 32.2. The second-order valence-electron chi connectivity index (χ2n) is 5.91. The molecule has 0 unspecified atom stereocenters. The van der Waals surface area contributed by atoms with Crippen molar-refractivity contribution in [2.24, 2.45) is 5.10 Å². The average molecular weight is 405 g/mol. The van der Waals surface area contributed by atoms with Crippen LogP contribution in [0.25, 0.3) is 0 Å². The minimum absolute atomic E-state index is 0.383. The third kappa shape index (κ3) is 5.46. The molecule has 2 rings (SSSR count). The van der Waals surface area contributed by atoms with Crippen LogP contribution in [-0.4, -0.2) is 47.1 Å². The zero-order valence-corrected chi connectivity index (χ0v) is 17.0. The van der Waals surface area contributed by atoms with Gasteiger partial charge in [0.25, 0.3) is 5.91 Å². The summed E-state index contributed by atoms with van der Waals surface area (Å²) < 4.78 is 35.5. The van der Waals surface area contributed by atoms with Gasteiger partial charge in [-0.3, -0.25) is 9.10 Å². The Morgan fingerprint density at radius 1 is 1.07 bits per heavy atom. The van der Waals surface area contributed by atoms with E-state index in [4.69, 9.17) is 9.47 Å². The predicted molar refractivity (Wildman–Crippen MR) is 109 cm³/mol. The number of anilines is 1. The maximum Gasteiger partial charge on any atom is 0.260 e. The smallest absolute Gasteiger partial charge is 0.260 e. The molecule has 0 aliphatic carbocycles. The van der Waals surface area contributed by atoms with Gasteiger partial charge in [0.2, 0.25) is 10.0 Å². The number of para-hydroxylation sites is 1. The molecule has 0 saturated heterocycles. The van der Waals surface area contributed by atoms with Crippen LogP contribution in [0.4, 0.5) is 5.69 Å². The molecular formula is C19H23N3O5S. The van der Waals surface area contributed by atoms with Gasteiger partial charge in [-0.2, -0.15) is 5.10 Å². The van der Waals surface area contributed by atoms with Crippen molar-refractivity contribution >= 4 is 27.3 Å². The fourth-order valence-electron chi connectivity index (χ4n) is 2.43. The van der Waals surface area contributed by atoms with Crippen molar-refractivity contribution in [2.75, 3.05) is 31.3 Å². The van der Waals surface area contributed by atoms with Gasteiger partial charge in [0, 0.05) is 5.56 Å². The van der Waals surface area contributed by atoms with Crippen molar-refractivity contribution < 1.29 is 22.7 Å². The number of benzene rings is 2. The zero-order valence-electron chi connectivity index (χ0n) is 16.2. The van der Waals surface area contributed by atoms with Crippen LogP contribution in [0.15, 0.2) is 53.6 Å². The van der Waals surface area contributed by atoms with Crippen molar-refractivity contribution in [3.63, 3.8) is 0 Å². The molecule has 2 aromatic carbocycles. The number of ether oxygens (including phenoxy) is 2. The zero-order chi connectivity index (χ0) is 20.7. The van der Waals surface area contributed by atoms with E-state index in [-0.39, 0.29) is 6.54 Å². The van der Waals surface area contributed by atoms with Crippen LogP contribution in [0.3, 0.4) is 0 Å². The third-order valence-electron chi connectivity index (χ3n) is 3.88. The Bertz CT molecular complexity index is 959. The number of methoxy groups -OCH3 is 2. The average Bonchev–Trinajstić information content (AvgIpc) is 2.69. The van der Waals surface area contributed by atoms with Crippen LogP contribution in [0.5, 0.6) is 11.5 Å². The molecule has 0 aliphatic heterocycles. The molecule has 0 fully saturated rings. The summed E-state index contributed by atoms with van der Waals surface area (Å²) in [7, 11) is -0.559. The van der Waals surface area contributed by atoms with Crippen LogP contribution in [0, 0.1) is 0 Å². The van der Waals surface area contributed by atoms with Gasteiger partial charge in [0.1, 0.15) is 6.54 Å². The number of hydrogen-bond acceptors (Lipinski definition) is 6. The molecule has 9 heteroatoms. The summed E-state index contributed by atoms with van der Waals surface area (Å²) in [6, 6.07) is 13.6. The number of rotatable bonds is 8. The van der Waals surface area contributed by atoms with Gasteiger partial charge in [-0.05, 0) is 37.3 Å². The number of hydrogen-bond donors (Lipinski definition) is 1. The Hall–Kier alpha value is -3.07. The molecule has 0 aliphatic rings. The lowest BCUT2D eigenvalue weighted by Gasteiger charge is -2.21. The van der Waals surface area contributed by atoms with E-state index >= 15 is 0 Å². The van der Waals surface area contributed by atoms with E-state index in [0.29, 0.717) is 22.9 Å². The second-order valence-corrected chi connectivity index (χ2v) is 7.81. The number of carbonyl (C=O) groups is 1. The first-order valence-electron chi connectivity index (χ1n) is 8.34. The molecular weight excluding hydrogens is 382 g/mol. The van der Waals surface area contributed by atoms with Crippen LogP contribution < -0.4 is 19.2 Å². The second kappa shape index (κ2) is 9.23. The molecule has 0 aromatic heterocycles. The van der Waals surface area contributed by atoms with Crippen LogP contribution in [0.2, 0.25) is 0 Å².